The molecule has 0 aliphatic rings. The predicted molar refractivity (Wildman–Crippen MR) is 86.9 cm³/mol. The molecule has 4 nitrogen and oxygen atoms in total. The highest BCUT2D eigenvalue weighted by molar-refractivity contribution is 7.98. The van der Waals surface area contributed by atoms with Crippen LogP contribution in [0.3, 0.4) is 0 Å². The summed E-state index contributed by atoms with van der Waals surface area (Å²) in [7, 11) is 3.28. The van der Waals surface area contributed by atoms with Gasteiger partial charge >= 0.3 is 0 Å². The van der Waals surface area contributed by atoms with Gasteiger partial charge in [-0.15, -0.1) is 11.8 Å². The molecule has 0 bridgehead atoms. The van der Waals surface area contributed by atoms with E-state index in [-0.39, 0.29) is 6.04 Å². The van der Waals surface area contributed by atoms with E-state index in [0.717, 1.165) is 22.6 Å². The lowest BCUT2D eigenvalue weighted by atomic mass is 9.98. The number of hydrazine groups is 1. The lowest BCUT2D eigenvalue weighted by Gasteiger charge is -2.20. The Bertz CT molecular complexity index is 582. The van der Waals surface area contributed by atoms with E-state index in [4.69, 9.17) is 15.3 Å². The monoisotopic (exact) mass is 304 g/mol. The molecule has 1 atom stereocenters. The van der Waals surface area contributed by atoms with Crippen molar-refractivity contribution >= 4 is 11.8 Å². The van der Waals surface area contributed by atoms with Crippen LogP contribution in [0.1, 0.15) is 17.2 Å². The molecule has 0 aliphatic carbocycles. The van der Waals surface area contributed by atoms with Crippen LogP contribution in [0.15, 0.2) is 47.4 Å². The van der Waals surface area contributed by atoms with Crippen LogP contribution in [-0.4, -0.2) is 20.5 Å². The summed E-state index contributed by atoms with van der Waals surface area (Å²) in [6.45, 7) is 0. The van der Waals surface area contributed by atoms with E-state index < -0.39 is 0 Å². The number of ether oxygens (including phenoxy) is 2. The molecule has 0 aromatic heterocycles. The minimum absolute atomic E-state index is 0.127. The number of nitrogens with one attached hydrogen (secondary N) is 1. The van der Waals surface area contributed by atoms with Crippen LogP contribution in [-0.2, 0) is 0 Å². The maximum absolute atomic E-state index is 5.80. The van der Waals surface area contributed by atoms with Gasteiger partial charge in [-0.1, -0.05) is 18.2 Å². The van der Waals surface area contributed by atoms with Crippen molar-refractivity contribution in [3.05, 3.63) is 53.6 Å². The maximum atomic E-state index is 5.80. The fourth-order valence-corrected chi connectivity index (χ4v) is 2.90. The predicted octanol–water partition coefficient (Wildman–Crippen LogP) is 2.98. The Labute approximate surface area is 129 Å². The van der Waals surface area contributed by atoms with Crippen LogP contribution in [0.25, 0.3) is 0 Å². The first kappa shape index (κ1) is 15.7. The third kappa shape index (κ3) is 3.50. The van der Waals surface area contributed by atoms with Crippen molar-refractivity contribution in [1.29, 1.82) is 0 Å². The largest absolute Gasteiger partial charge is 0.497 e. The van der Waals surface area contributed by atoms with Gasteiger partial charge in [-0.05, 0) is 35.6 Å². The minimum atomic E-state index is -0.127. The molecule has 2 rings (SSSR count). The molecule has 0 aliphatic heterocycles. The molecular weight excluding hydrogens is 284 g/mol. The van der Waals surface area contributed by atoms with Crippen LogP contribution < -0.4 is 20.7 Å². The molecule has 21 heavy (non-hydrogen) atoms. The molecule has 0 heterocycles. The quantitative estimate of drug-likeness (QED) is 0.488. The van der Waals surface area contributed by atoms with E-state index in [0.29, 0.717) is 0 Å². The van der Waals surface area contributed by atoms with Crippen molar-refractivity contribution in [3.8, 4) is 11.5 Å². The van der Waals surface area contributed by atoms with Crippen molar-refractivity contribution in [1.82, 2.24) is 5.43 Å². The van der Waals surface area contributed by atoms with E-state index in [1.807, 2.05) is 30.3 Å². The summed E-state index contributed by atoms with van der Waals surface area (Å²) in [5.74, 6) is 7.29. The van der Waals surface area contributed by atoms with Crippen molar-refractivity contribution in [2.45, 2.75) is 10.9 Å². The summed E-state index contributed by atoms with van der Waals surface area (Å²) in [4.78, 5) is 1.18. The van der Waals surface area contributed by atoms with Crippen molar-refractivity contribution in [3.63, 3.8) is 0 Å². The van der Waals surface area contributed by atoms with E-state index in [1.54, 1.807) is 26.0 Å². The second-order valence-electron chi connectivity index (χ2n) is 4.49. The summed E-state index contributed by atoms with van der Waals surface area (Å²) >= 11 is 1.70. The van der Waals surface area contributed by atoms with E-state index in [1.165, 1.54) is 4.90 Å². The zero-order chi connectivity index (χ0) is 15.2. The zero-order valence-corrected chi connectivity index (χ0v) is 13.2. The van der Waals surface area contributed by atoms with Gasteiger partial charge in [0.1, 0.15) is 11.5 Å². The second-order valence-corrected chi connectivity index (χ2v) is 5.34. The number of hydrogen-bond donors (Lipinski definition) is 2. The SMILES string of the molecule is COc1cc(OC)cc(C(NN)c2ccccc2SC)c1. The van der Waals surface area contributed by atoms with Gasteiger partial charge in [0.05, 0.1) is 20.3 Å². The molecule has 112 valence electrons. The number of thioether (sulfide) groups is 1. The highest BCUT2D eigenvalue weighted by Crippen LogP contribution is 2.33. The highest BCUT2D eigenvalue weighted by atomic mass is 32.2. The van der Waals surface area contributed by atoms with Crippen molar-refractivity contribution in [2.75, 3.05) is 20.5 Å². The summed E-state index contributed by atoms with van der Waals surface area (Å²) in [6.07, 6.45) is 2.05. The smallest absolute Gasteiger partial charge is 0.122 e. The molecule has 2 aromatic rings. The first-order chi connectivity index (χ1) is 10.2. The molecule has 0 saturated heterocycles. The summed E-state index contributed by atoms with van der Waals surface area (Å²) < 4.78 is 10.7. The molecule has 1 unspecified atom stereocenters. The Morgan fingerprint density at radius 1 is 1.05 bits per heavy atom. The van der Waals surface area contributed by atoms with Crippen molar-refractivity contribution < 1.29 is 9.47 Å². The Balaban J connectivity index is 2.50. The number of hydrogen-bond acceptors (Lipinski definition) is 5. The van der Waals surface area contributed by atoms with Crippen LogP contribution in [0.2, 0.25) is 0 Å². The maximum Gasteiger partial charge on any atom is 0.122 e. The van der Waals surface area contributed by atoms with Gasteiger partial charge < -0.3 is 9.47 Å². The molecular formula is C16H20N2O2S. The van der Waals surface area contributed by atoms with E-state index in [9.17, 15) is 0 Å². The topological polar surface area (TPSA) is 56.5 Å². The molecule has 0 amide bonds. The number of benzene rings is 2. The number of methoxy groups -OCH3 is 2. The van der Waals surface area contributed by atoms with Crippen LogP contribution in [0.5, 0.6) is 11.5 Å². The first-order valence-electron chi connectivity index (χ1n) is 6.55. The number of rotatable bonds is 6. The average molecular weight is 304 g/mol. The minimum Gasteiger partial charge on any atom is -0.497 e. The number of nitrogens with two attached hydrogens (primary N) is 1. The van der Waals surface area contributed by atoms with Crippen LogP contribution in [0.4, 0.5) is 0 Å². The molecule has 0 radical (unpaired) electrons. The fourth-order valence-electron chi connectivity index (χ4n) is 2.27. The van der Waals surface area contributed by atoms with Gasteiger partial charge in [0.15, 0.2) is 0 Å². The van der Waals surface area contributed by atoms with Gasteiger partial charge in [0, 0.05) is 11.0 Å². The van der Waals surface area contributed by atoms with Gasteiger partial charge in [-0.2, -0.15) is 0 Å². The molecule has 0 fully saturated rings. The Morgan fingerprint density at radius 3 is 2.19 bits per heavy atom. The molecule has 0 saturated carbocycles. The van der Waals surface area contributed by atoms with Gasteiger partial charge in [-0.3, -0.25) is 5.84 Å². The normalized spacial score (nSPS) is 12.0. The van der Waals surface area contributed by atoms with E-state index >= 15 is 0 Å². The Hall–Kier alpha value is -1.69. The lowest BCUT2D eigenvalue weighted by Crippen LogP contribution is -2.29. The van der Waals surface area contributed by atoms with Crippen LogP contribution in [0, 0.1) is 0 Å². The van der Waals surface area contributed by atoms with Gasteiger partial charge in [0.25, 0.3) is 0 Å². The third-order valence-electron chi connectivity index (χ3n) is 3.32. The molecule has 2 aromatic carbocycles. The molecule has 0 spiro atoms. The van der Waals surface area contributed by atoms with Gasteiger partial charge in [0.2, 0.25) is 0 Å². The van der Waals surface area contributed by atoms with Crippen LogP contribution >= 0.6 is 11.8 Å². The molecule has 3 N–H and O–H groups in total. The van der Waals surface area contributed by atoms with E-state index in [2.05, 4.69) is 23.8 Å². The average Bonchev–Trinajstić information content (AvgIpc) is 2.55. The summed E-state index contributed by atoms with van der Waals surface area (Å²) in [5, 5.41) is 0. The van der Waals surface area contributed by atoms with Gasteiger partial charge in [-0.25, -0.2) is 5.43 Å². The Kier molecular flexibility index (Phi) is 5.50. The molecule has 5 heteroatoms. The zero-order valence-electron chi connectivity index (χ0n) is 12.4. The van der Waals surface area contributed by atoms with Crippen molar-refractivity contribution in [2.24, 2.45) is 5.84 Å². The first-order valence-corrected chi connectivity index (χ1v) is 7.78. The third-order valence-corrected chi connectivity index (χ3v) is 4.14. The Morgan fingerprint density at radius 2 is 1.67 bits per heavy atom. The lowest BCUT2D eigenvalue weighted by molar-refractivity contribution is 0.392. The summed E-state index contributed by atoms with van der Waals surface area (Å²) in [6, 6.07) is 13.8. The second kappa shape index (κ2) is 7.36. The highest BCUT2D eigenvalue weighted by Gasteiger charge is 2.17. The summed E-state index contributed by atoms with van der Waals surface area (Å²) in [5.41, 5.74) is 5.01. The standard InChI is InChI=1S/C16H20N2O2S/c1-19-12-8-11(9-13(10-12)20-2)16(18-17)14-6-4-5-7-15(14)21-3/h4-10,16,18H,17H2,1-3H3. The fraction of sp³-hybridized carbons (Fsp3) is 0.250.